The van der Waals surface area contributed by atoms with Gasteiger partial charge < -0.3 is 15.5 Å². The first kappa shape index (κ1) is 44.4. The van der Waals surface area contributed by atoms with Crippen molar-refractivity contribution in [3.63, 3.8) is 0 Å². The van der Waals surface area contributed by atoms with Crippen LogP contribution in [0.4, 0.5) is 0 Å². The Balaban J connectivity index is 3.42. The second-order valence-corrected chi connectivity index (χ2v) is 14.4. The Bertz CT molecular complexity index is 569. The maximum atomic E-state index is 12.3. The number of aliphatic hydroxyl groups excluding tert-OH is 2. The Morgan fingerprint density at radius 2 is 0.711 bits per heavy atom. The first-order valence-corrected chi connectivity index (χ1v) is 20.7. The lowest BCUT2D eigenvalue weighted by molar-refractivity contribution is -0.123. The summed E-state index contributed by atoms with van der Waals surface area (Å²) in [5.74, 6) is -0.0281. The van der Waals surface area contributed by atoms with Gasteiger partial charge in [0.1, 0.15) is 0 Å². The number of aliphatic hydroxyl groups is 2. The molecule has 0 rings (SSSR count). The quantitative estimate of drug-likeness (QED) is 0.0590. The smallest absolute Gasteiger partial charge is 0.220 e. The molecule has 45 heavy (non-hydrogen) atoms. The van der Waals surface area contributed by atoms with Gasteiger partial charge in [0.15, 0.2) is 0 Å². The summed E-state index contributed by atoms with van der Waals surface area (Å²) >= 11 is 0. The molecule has 0 bridgehead atoms. The minimum Gasteiger partial charge on any atom is -0.394 e. The first-order chi connectivity index (χ1) is 22.2. The average molecular weight is 638 g/mol. The molecule has 0 aromatic carbocycles. The first-order valence-electron chi connectivity index (χ1n) is 20.7. The Labute approximate surface area is 283 Å². The Kier molecular flexibility index (Phi) is 37.3. The van der Waals surface area contributed by atoms with Crippen molar-refractivity contribution in [1.82, 2.24) is 5.32 Å². The summed E-state index contributed by atoms with van der Waals surface area (Å²) in [6.07, 6.45) is 44.7. The lowest BCUT2D eigenvalue weighted by atomic mass is 10.0. The van der Waals surface area contributed by atoms with E-state index in [-0.39, 0.29) is 12.5 Å². The number of unbranched alkanes of at least 4 members (excludes halogenated alkanes) is 31. The molecule has 0 unspecified atom stereocenters. The molecule has 2 atom stereocenters. The van der Waals surface area contributed by atoms with Crippen LogP contribution in [0, 0.1) is 0 Å². The summed E-state index contributed by atoms with van der Waals surface area (Å²) in [5, 5.41) is 23.0. The standard InChI is InChI=1S/C41H83NO3/c1-3-5-7-9-11-13-15-16-17-18-19-20-21-22-23-24-25-26-27-29-31-33-35-37-41(45)42-39(38-43)40(44)36-34-32-30-28-14-12-10-8-6-4-2/h39-40,43-44H,3-38H2,1-2H3,(H,42,45)/t39-,40+/m0/s1. The minimum atomic E-state index is -0.651. The van der Waals surface area contributed by atoms with Gasteiger partial charge in [0.25, 0.3) is 0 Å². The predicted molar refractivity (Wildman–Crippen MR) is 198 cm³/mol. The summed E-state index contributed by atoms with van der Waals surface area (Å²) in [4.78, 5) is 12.3. The van der Waals surface area contributed by atoms with Gasteiger partial charge in [-0.3, -0.25) is 4.79 Å². The van der Waals surface area contributed by atoms with Gasteiger partial charge in [-0.15, -0.1) is 0 Å². The Morgan fingerprint density at radius 3 is 1.00 bits per heavy atom. The van der Waals surface area contributed by atoms with E-state index in [1.54, 1.807) is 0 Å². The molecule has 0 heterocycles. The molecule has 3 N–H and O–H groups in total. The molecule has 0 radical (unpaired) electrons. The molecule has 0 aliphatic heterocycles. The third-order valence-electron chi connectivity index (χ3n) is 9.87. The summed E-state index contributed by atoms with van der Waals surface area (Å²) in [6, 6.07) is -0.527. The van der Waals surface area contributed by atoms with E-state index in [0.29, 0.717) is 12.8 Å². The van der Waals surface area contributed by atoms with Crippen LogP contribution in [0.15, 0.2) is 0 Å². The molecule has 0 saturated heterocycles. The second kappa shape index (κ2) is 37.8. The van der Waals surface area contributed by atoms with Gasteiger partial charge in [0.2, 0.25) is 5.91 Å². The van der Waals surface area contributed by atoms with Crippen molar-refractivity contribution >= 4 is 5.91 Å². The summed E-state index contributed by atoms with van der Waals surface area (Å²) in [5.41, 5.74) is 0. The lowest BCUT2D eigenvalue weighted by Gasteiger charge is -2.22. The van der Waals surface area contributed by atoms with E-state index in [1.165, 1.54) is 186 Å². The van der Waals surface area contributed by atoms with Crippen molar-refractivity contribution < 1.29 is 15.0 Å². The predicted octanol–water partition coefficient (Wildman–Crippen LogP) is 12.5. The van der Waals surface area contributed by atoms with E-state index in [9.17, 15) is 15.0 Å². The zero-order valence-electron chi connectivity index (χ0n) is 30.9. The van der Waals surface area contributed by atoms with Crippen LogP contribution in [-0.4, -0.2) is 34.9 Å². The van der Waals surface area contributed by atoms with Crippen LogP contribution >= 0.6 is 0 Å². The molecular weight excluding hydrogens is 554 g/mol. The molecule has 0 aromatic rings. The Hall–Kier alpha value is -0.610. The van der Waals surface area contributed by atoms with Gasteiger partial charge >= 0.3 is 0 Å². The molecule has 270 valence electrons. The second-order valence-electron chi connectivity index (χ2n) is 14.4. The number of carbonyl (C=O) groups is 1. The maximum Gasteiger partial charge on any atom is 0.220 e. The highest BCUT2D eigenvalue weighted by Gasteiger charge is 2.19. The molecule has 0 saturated carbocycles. The summed E-state index contributed by atoms with van der Waals surface area (Å²) in [7, 11) is 0. The number of rotatable bonds is 38. The number of amides is 1. The van der Waals surface area contributed by atoms with E-state index >= 15 is 0 Å². The van der Waals surface area contributed by atoms with Gasteiger partial charge in [0.05, 0.1) is 18.8 Å². The van der Waals surface area contributed by atoms with E-state index in [4.69, 9.17) is 0 Å². The SMILES string of the molecule is CCCCCCCCCCCCCCCCCCCCCCCCCC(=O)N[C@@H](CO)[C@H](O)CCCCCCCCCCCC. The highest BCUT2D eigenvalue weighted by molar-refractivity contribution is 5.76. The fourth-order valence-corrected chi connectivity index (χ4v) is 6.66. The van der Waals surface area contributed by atoms with Crippen LogP contribution in [0.5, 0.6) is 0 Å². The van der Waals surface area contributed by atoms with Crippen LogP contribution in [0.1, 0.15) is 239 Å². The summed E-state index contributed by atoms with van der Waals surface area (Å²) < 4.78 is 0. The van der Waals surface area contributed by atoms with Crippen LogP contribution in [0.2, 0.25) is 0 Å². The number of hydrogen-bond donors (Lipinski definition) is 3. The lowest BCUT2D eigenvalue weighted by Crippen LogP contribution is -2.45. The fraction of sp³-hybridized carbons (Fsp3) is 0.976. The van der Waals surface area contributed by atoms with Gasteiger partial charge in [-0.1, -0.05) is 219 Å². The van der Waals surface area contributed by atoms with E-state index in [1.807, 2.05) is 0 Å². The Morgan fingerprint density at radius 1 is 0.444 bits per heavy atom. The minimum absolute atomic E-state index is 0.0281. The normalized spacial score (nSPS) is 12.9. The van der Waals surface area contributed by atoms with E-state index in [0.717, 1.165) is 25.7 Å². The number of carbonyl (C=O) groups excluding carboxylic acids is 1. The molecule has 0 aliphatic rings. The third kappa shape index (κ3) is 34.5. The van der Waals surface area contributed by atoms with Crippen molar-refractivity contribution in [3.8, 4) is 0 Å². The fourth-order valence-electron chi connectivity index (χ4n) is 6.66. The van der Waals surface area contributed by atoms with Gasteiger partial charge in [-0.05, 0) is 12.8 Å². The molecule has 4 nitrogen and oxygen atoms in total. The van der Waals surface area contributed by atoms with Crippen LogP contribution in [-0.2, 0) is 4.79 Å². The van der Waals surface area contributed by atoms with Crippen molar-refractivity contribution in [3.05, 3.63) is 0 Å². The molecule has 0 spiro atoms. The number of nitrogens with one attached hydrogen (secondary N) is 1. The van der Waals surface area contributed by atoms with Crippen LogP contribution in [0.25, 0.3) is 0 Å². The monoisotopic (exact) mass is 638 g/mol. The topological polar surface area (TPSA) is 69.6 Å². The molecule has 0 aliphatic carbocycles. The van der Waals surface area contributed by atoms with E-state index in [2.05, 4.69) is 19.2 Å². The van der Waals surface area contributed by atoms with Gasteiger partial charge in [-0.2, -0.15) is 0 Å². The maximum absolute atomic E-state index is 12.3. The third-order valence-corrected chi connectivity index (χ3v) is 9.87. The number of hydrogen-bond acceptors (Lipinski definition) is 3. The zero-order chi connectivity index (χ0) is 32.9. The summed E-state index contributed by atoms with van der Waals surface area (Å²) in [6.45, 7) is 4.36. The van der Waals surface area contributed by atoms with Crippen molar-refractivity contribution in [2.24, 2.45) is 0 Å². The van der Waals surface area contributed by atoms with E-state index < -0.39 is 12.1 Å². The van der Waals surface area contributed by atoms with Gasteiger partial charge in [0, 0.05) is 6.42 Å². The van der Waals surface area contributed by atoms with Crippen LogP contribution < -0.4 is 5.32 Å². The van der Waals surface area contributed by atoms with Crippen molar-refractivity contribution in [2.45, 2.75) is 251 Å². The van der Waals surface area contributed by atoms with Crippen LogP contribution in [0.3, 0.4) is 0 Å². The zero-order valence-corrected chi connectivity index (χ0v) is 30.9. The average Bonchev–Trinajstić information content (AvgIpc) is 3.04. The van der Waals surface area contributed by atoms with Crippen molar-refractivity contribution in [2.75, 3.05) is 6.61 Å². The largest absolute Gasteiger partial charge is 0.394 e. The van der Waals surface area contributed by atoms with Crippen molar-refractivity contribution in [1.29, 1.82) is 0 Å². The molecular formula is C41H83NO3. The molecule has 4 heteroatoms. The highest BCUT2D eigenvalue weighted by Crippen LogP contribution is 2.16. The van der Waals surface area contributed by atoms with Gasteiger partial charge in [-0.25, -0.2) is 0 Å². The molecule has 0 aromatic heterocycles. The molecule has 0 fully saturated rings. The highest BCUT2D eigenvalue weighted by atomic mass is 16.3. The molecule has 1 amide bonds.